The van der Waals surface area contributed by atoms with Gasteiger partial charge in [0.1, 0.15) is 0 Å². The maximum absolute atomic E-state index is 12.3. The first-order valence-electron chi connectivity index (χ1n) is 8.19. The van der Waals surface area contributed by atoms with Gasteiger partial charge in [0.15, 0.2) is 0 Å². The number of hydrogen-bond acceptors (Lipinski definition) is 4. The fourth-order valence-electron chi connectivity index (χ4n) is 2.78. The summed E-state index contributed by atoms with van der Waals surface area (Å²) in [5.74, 6) is -0.195. The minimum Gasteiger partial charge on any atom is -0.369 e. The monoisotopic (exact) mass is 318 g/mol. The van der Waals surface area contributed by atoms with Crippen molar-refractivity contribution < 1.29 is 9.59 Å². The lowest BCUT2D eigenvalue weighted by atomic mass is 9.96. The number of aryl methyl sites for hydroxylation is 1. The zero-order chi connectivity index (χ0) is 16.8. The SMILES string of the molecule is CCc1ccc(CN(C)C(=O)CN2CCC(C(N)=O)CC2)nc1. The van der Waals surface area contributed by atoms with Crippen molar-refractivity contribution in [2.45, 2.75) is 32.7 Å². The van der Waals surface area contributed by atoms with Crippen LogP contribution in [0.1, 0.15) is 31.0 Å². The van der Waals surface area contributed by atoms with Crippen LogP contribution in [-0.2, 0) is 22.6 Å². The van der Waals surface area contributed by atoms with E-state index in [-0.39, 0.29) is 17.7 Å². The van der Waals surface area contributed by atoms with E-state index < -0.39 is 0 Å². The number of nitrogens with zero attached hydrogens (tertiary/aromatic N) is 3. The Morgan fingerprint density at radius 1 is 1.35 bits per heavy atom. The van der Waals surface area contributed by atoms with Gasteiger partial charge in [0.25, 0.3) is 0 Å². The molecule has 0 saturated carbocycles. The van der Waals surface area contributed by atoms with Crippen LogP contribution in [0.2, 0.25) is 0 Å². The second kappa shape index (κ2) is 8.06. The molecule has 0 radical (unpaired) electrons. The summed E-state index contributed by atoms with van der Waals surface area (Å²) in [6.07, 6.45) is 4.31. The molecule has 126 valence electrons. The van der Waals surface area contributed by atoms with Gasteiger partial charge in [-0.1, -0.05) is 13.0 Å². The van der Waals surface area contributed by atoms with Gasteiger partial charge in [-0.2, -0.15) is 0 Å². The largest absolute Gasteiger partial charge is 0.369 e. The van der Waals surface area contributed by atoms with Gasteiger partial charge >= 0.3 is 0 Å². The van der Waals surface area contributed by atoms with Crippen LogP contribution < -0.4 is 5.73 Å². The zero-order valence-electron chi connectivity index (χ0n) is 14.0. The first kappa shape index (κ1) is 17.4. The van der Waals surface area contributed by atoms with E-state index in [1.807, 2.05) is 12.3 Å². The standard InChI is InChI=1S/C17H26N4O2/c1-3-13-4-5-15(19-10-13)11-20(2)16(22)12-21-8-6-14(7-9-21)17(18)23/h4-5,10,14H,3,6-9,11-12H2,1-2H3,(H2,18,23). The first-order chi connectivity index (χ1) is 11.0. The third-order valence-corrected chi connectivity index (χ3v) is 4.47. The van der Waals surface area contributed by atoms with E-state index in [1.165, 1.54) is 5.56 Å². The second-order valence-electron chi connectivity index (χ2n) is 6.21. The van der Waals surface area contributed by atoms with Crippen molar-refractivity contribution in [3.63, 3.8) is 0 Å². The smallest absolute Gasteiger partial charge is 0.236 e. The number of pyridine rings is 1. The lowest BCUT2D eigenvalue weighted by Gasteiger charge is -2.31. The van der Waals surface area contributed by atoms with Gasteiger partial charge in [-0.15, -0.1) is 0 Å². The molecule has 6 nitrogen and oxygen atoms in total. The second-order valence-corrected chi connectivity index (χ2v) is 6.21. The van der Waals surface area contributed by atoms with Crippen LogP contribution in [0.25, 0.3) is 0 Å². The predicted molar refractivity (Wildman–Crippen MR) is 88.4 cm³/mol. The number of hydrogen-bond donors (Lipinski definition) is 1. The van der Waals surface area contributed by atoms with Crippen LogP contribution in [0.3, 0.4) is 0 Å². The number of primary amides is 1. The molecule has 0 aromatic carbocycles. The van der Waals surface area contributed by atoms with E-state index >= 15 is 0 Å². The van der Waals surface area contributed by atoms with Gasteiger partial charge in [0.05, 0.1) is 18.8 Å². The normalized spacial score (nSPS) is 16.3. The van der Waals surface area contributed by atoms with Crippen molar-refractivity contribution in [1.82, 2.24) is 14.8 Å². The topological polar surface area (TPSA) is 79.5 Å². The average molecular weight is 318 g/mol. The number of likely N-dealkylation sites (N-methyl/N-ethyl adjacent to an activating group) is 1. The number of carbonyl (C=O) groups excluding carboxylic acids is 2. The van der Waals surface area contributed by atoms with E-state index in [0.717, 1.165) is 38.0 Å². The fourth-order valence-corrected chi connectivity index (χ4v) is 2.78. The molecule has 2 amide bonds. The van der Waals surface area contributed by atoms with Crippen LogP contribution in [0, 0.1) is 5.92 Å². The fraction of sp³-hybridized carbons (Fsp3) is 0.588. The summed E-state index contributed by atoms with van der Waals surface area (Å²) in [4.78, 5) is 31.7. The molecule has 1 aromatic heterocycles. The average Bonchev–Trinajstić information content (AvgIpc) is 2.56. The Morgan fingerprint density at radius 3 is 2.57 bits per heavy atom. The molecule has 0 aliphatic carbocycles. The quantitative estimate of drug-likeness (QED) is 0.841. The van der Waals surface area contributed by atoms with Gasteiger partial charge in [-0.3, -0.25) is 19.5 Å². The summed E-state index contributed by atoms with van der Waals surface area (Å²) in [6.45, 7) is 4.48. The van der Waals surface area contributed by atoms with Gasteiger partial charge in [0.2, 0.25) is 11.8 Å². The molecule has 0 unspecified atom stereocenters. The molecule has 1 aliphatic rings. The van der Waals surface area contributed by atoms with E-state index in [1.54, 1.807) is 11.9 Å². The molecular formula is C17H26N4O2. The Labute approximate surface area is 137 Å². The predicted octanol–water partition coefficient (Wildman–Crippen LogP) is 0.800. The Morgan fingerprint density at radius 2 is 2.04 bits per heavy atom. The van der Waals surface area contributed by atoms with Crippen LogP contribution in [-0.4, -0.2) is 53.3 Å². The molecule has 2 N–H and O–H groups in total. The minimum absolute atomic E-state index is 0.0413. The van der Waals surface area contributed by atoms with Crippen LogP contribution >= 0.6 is 0 Å². The highest BCUT2D eigenvalue weighted by molar-refractivity contribution is 5.78. The number of aromatic nitrogens is 1. The third-order valence-electron chi connectivity index (χ3n) is 4.47. The molecule has 0 bridgehead atoms. The summed E-state index contributed by atoms with van der Waals surface area (Å²) in [7, 11) is 1.80. The summed E-state index contributed by atoms with van der Waals surface area (Å²) < 4.78 is 0. The van der Waals surface area contributed by atoms with E-state index in [9.17, 15) is 9.59 Å². The first-order valence-corrected chi connectivity index (χ1v) is 8.19. The van der Waals surface area contributed by atoms with Gasteiger partial charge < -0.3 is 10.6 Å². The maximum Gasteiger partial charge on any atom is 0.236 e. The number of likely N-dealkylation sites (tertiary alicyclic amines) is 1. The van der Waals surface area contributed by atoms with Gasteiger partial charge in [-0.05, 0) is 44.0 Å². The summed E-state index contributed by atoms with van der Waals surface area (Å²) in [6, 6.07) is 4.02. The van der Waals surface area contributed by atoms with Crippen molar-refractivity contribution in [2.75, 3.05) is 26.7 Å². The lowest BCUT2D eigenvalue weighted by Crippen LogP contribution is -2.44. The van der Waals surface area contributed by atoms with Crippen molar-refractivity contribution in [3.05, 3.63) is 29.6 Å². The molecule has 1 aliphatic heterocycles. The molecular weight excluding hydrogens is 292 g/mol. The number of amides is 2. The number of piperidine rings is 1. The van der Waals surface area contributed by atoms with Crippen LogP contribution in [0.5, 0.6) is 0 Å². The summed E-state index contributed by atoms with van der Waals surface area (Å²) in [5, 5.41) is 0. The maximum atomic E-state index is 12.3. The molecule has 6 heteroatoms. The Bertz CT molecular complexity index is 536. The minimum atomic E-state index is -0.227. The molecule has 1 aromatic rings. The van der Waals surface area contributed by atoms with E-state index in [2.05, 4.69) is 22.9 Å². The number of carbonyl (C=O) groups is 2. The lowest BCUT2D eigenvalue weighted by molar-refractivity contribution is -0.132. The summed E-state index contributed by atoms with van der Waals surface area (Å²) in [5.41, 5.74) is 7.42. The molecule has 0 spiro atoms. The highest BCUT2D eigenvalue weighted by atomic mass is 16.2. The zero-order valence-corrected chi connectivity index (χ0v) is 14.0. The van der Waals surface area contributed by atoms with Crippen molar-refractivity contribution in [2.24, 2.45) is 11.7 Å². The molecule has 1 fully saturated rings. The van der Waals surface area contributed by atoms with Gasteiger partial charge in [0, 0.05) is 19.2 Å². The number of rotatable bonds is 6. The van der Waals surface area contributed by atoms with E-state index in [4.69, 9.17) is 5.73 Å². The highest BCUT2D eigenvalue weighted by Gasteiger charge is 2.24. The van der Waals surface area contributed by atoms with E-state index in [0.29, 0.717) is 13.1 Å². The highest BCUT2D eigenvalue weighted by Crippen LogP contribution is 2.16. The van der Waals surface area contributed by atoms with Crippen molar-refractivity contribution >= 4 is 11.8 Å². The Balaban J connectivity index is 1.79. The van der Waals surface area contributed by atoms with Crippen LogP contribution in [0.15, 0.2) is 18.3 Å². The van der Waals surface area contributed by atoms with Crippen molar-refractivity contribution in [3.8, 4) is 0 Å². The molecule has 2 rings (SSSR count). The molecule has 23 heavy (non-hydrogen) atoms. The number of nitrogens with two attached hydrogens (primary N) is 1. The Kier molecular flexibility index (Phi) is 6.10. The van der Waals surface area contributed by atoms with Crippen LogP contribution in [0.4, 0.5) is 0 Å². The van der Waals surface area contributed by atoms with Gasteiger partial charge in [-0.25, -0.2) is 0 Å². The van der Waals surface area contributed by atoms with Crippen molar-refractivity contribution in [1.29, 1.82) is 0 Å². The molecule has 0 atom stereocenters. The molecule has 2 heterocycles. The third kappa shape index (κ3) is 5.03. The Hall–Kier alpha value is -1.95. The summed E-state index contributed by atoms with van der Waals surface area (Å²) >= 11 is 0. The molecule has 1 saturated heterocycles.